The zero-order chi connectivity index (χ0) is 16.8. The van der Waals surface area contributed by atoms with E-state index in [1.807, 2.05) is 37.5 Å². The Balaban J connectivity index is 1.61. The molecule has 1 fully saturated rings. The molecule has 0 aliphatic carbocycles. The maximum Gasteiger partial charge on any atom is 0.252 e. The zero-order valence-electron chi connectivity index (χ0n) is 13.7. The van der Waals surface area contributed by atoms with Gasteiger partial charge in [-0.15, -0.1) is 0 Å². The van der Waals surface area contributed by atoms with Crippen molar-refractivity contribution in [1.82, 2.24) is 15.3 Å². The van der Waals surface area contributed by atoms with Gasteiger partial charge in [-0.1, -0.05) is 0 Å². The van der Waals surface area contributed by atoms with Gasteiger partial charge in [0.2, 0.25) is 0 Å². The maximum atomic E-state index is 11.8. The lowest BCUT2D eigenvalue weighted by molar-refractivity contribution is 0.0955. The number of pyridine rings is 2. The molecule has 6 heteroatoms. The summed E-state index contributed by atoms with van der Waals surface area (Å²) in [6.07, 6.45) is 6.17. The molecule has 0 bridgehead atoms. The minimum absolute atomic E-state index is 0.101. The molecule has 2 aromatic heterocycles. The summed E-state index contributed by atoms with van der Waals surface area (Å²) in [6.45, 7) is 3.89. The second-order valence-corrected chi connectivity index (χ2v) is 5.90. The number of hydrogen-bond donors (Lipinski definition) is 2. The van der Waals surface area contributed by atoms with Gasteiger partial charge in [0.05, 0.1) is 24.8 Å². The average molecular weight is 326 g/mol. The van der Waals surface area contributed by atoms with E-state index >= 15 is 0 Å². The van der Waals surface area contributed by atoms with Crippen molar-refractivity contribution < 1.29 is 9.53 Å². The molecular formula is C18H22N4O2. The highest BCUT2D eigenvalue weighted by atomic mass is 16.5. The van der Waals surface area contributed by atoms with Crippen molar-refractivity contribution >= 4 is 11.7 Å². The van der Waals surface area contributed by atoms with Crippen LogP contribution in [0.1, 0.15) is 22.8 Å². The fraction of sp³-hybridized carbons (Fsp3) is 0.389. The molecule has 1 aliphatic heterocycles. The first-order chi connectivity index (χ1) is 11.8. The van der Waals surface area contributed by atoms with E-state index in [1.54, 1.807) is 12.3 Å². The van der Waals surface area contributed by atoms with Gasteiger partial charge in [0.25, 0.3) is 5.91 Å². The van der Waals surface area contributed by atoms with Crippen LogP contribution < -0.4 is 10.6 Å². The molecule has 1 amide bonds. The van der Waals surface area contributed by atoms with Gasteiger partial charge in [0, 0.05) is 31.1 Å². The molecule has 1 aliphatic rings. The zero-order valence-corrected chi connectivity index (χ0v) is 13.7. The van der Waals surface area contributed by atoms with Gasteiger partial charge in [0.15, 0.2) is 0 Å². The molecule has 0 spiro atoms. The lowest BCUT2D eigenvalue weighted by Crippen LogP contribution is -2.29. The molecule has 3 heterocycles. The van der Waals surface area contributed by atoms with Crippen molar-refractivity contribution in [2.75, 3.05) is 25.1 Å². The third-order valence-corrected chi connectivity index (χ3v) is 4.14. The molecule has 3 rings (SSSR count). The van der Waals surface area contributed by atoms with Crippen molar-refractivity contribution in [3.05, 3.63) is 54.0 Å². The van der Waals surface area contributed by atoms with Crippen LogP contribution in [0.25, 0.3) is 0 Å². The van der Waals surface area contributed by atoms with Crippen molar-refractivity contribution in [3.8, 4) is 0 Å². The topological polar surface area (TPSA) is 76.1 Å². The van der Waals surface area contributed by atoms with Crippen LogP contribution in [0.15, 0.2) is 42.9 Å². The molecule has 24 heavy (non-hydrogen) atoms. The second kappa shape index (κ2) is 7.88. The van der Waals surface area contributed by atoms with Crippen LogP contribution in [-0.4, -0.2) is 41.7 Å². The predicted octanol–water partition coefficient (Wildman–Crippen LogP) is 1.90. The van der Waals surface area contributed by atoms with Gasteiger partial charge in [-0.05, 0) is 43.2 Å². The molecule has 0 unspecified atom stereocenters. The SMILES string of the molecule is CCNC(=O)c1ccc(N[C@H]2COC[C@H]2Cc2ccncc2)nc1. The first kappa shape index (κ1) is 16.4. The van der Waals surface area contributed by atoms with Gasteiger partial charge in [-0.25, -0.2) is 4.98 Å². The molecule has 126 valence electrons. The minimum atomic E-state index is -0.101. The van der Waals surface area contributed by atoms with Gasteiger partial charge >= 0.3 is 0 Å². The minimum Gasteiger partial charge on any atom is -0.379 e. The second-order valence-electron chi connectivity index (χ2n) is 5.90. The largest absolute Gasteiger partial charge is 0.379 e. The molecular weight excluding hydrogens is 304 g/mol. The number of rotatable bonds is 6. The van der Waals surface area contributed by atoms with E-state index in [9.17, 15) is 4.79 Å². The summed E-state index contributed by atoms with van der Waals surface area (Å²) in [4.78, 5) is 20.2. The highest BCUT2D eigenvalue weighted by molar-refractivity contribution is 5.93. The molecule has 6 nitrogen and oxygen atoms in total. The van der Waals surface area contributed by atoms with E-state index in [0.717, 1.165) is 18.8 Å². The quantitative estimate of drug-likeness (QED) is 0.848. The Labute approximate surface area is 141 Å². The van der Waals surface area contributed by atoms with Gasteiger partial charge in [-0.2, -0.15) is 0 Å². The molecule has 0 radical (unpaired) electrons. The summed E-state index contributed by atoms with van der Waals surface area (Å²) in [6, 6.07) is 7.91. The van der Waals surface area contributed by atoms with Crippen LogP contribution >= 0.6 is 0 Å². The van der Waals surface area contributed by atoms with Crippen molar-refractivity contribution in [1.29, 1.82) is 0 Å². The highest BCUT2D eigenvalue weighted by Gasteiger charge is 2.28. The van der Waals surface area contributed by atoms with Gasteiger partial charge in [0.1, 0.15) is 5.82 Å². The van der Waals surface area contributed by atoms with E-state index in [2.05, 4.69) is 20.6 Å². The Bertz CT molecular complexity index is 660. The van der Waals surface area contributed by atoms with Crippen LogP contribution in [0.4, 0.5) is 5.82 Å². The Morgan fingerprint density at radius 2 is 2.08 bits per heavy atom. The summed E-state index contributed by atoms with van der Waals surface area (Å²) < 4.78 is 5.64. The van der Waals surface area contributed by atoms with E-state index in [-0.39, 0.29) is 11.9 Å². The molecule has 0 aromatic carbocycles. The normalized spacial score (nSPS) is 19.9. The number of hydrogen-bond acceptors (Lipinski definition) is 5. The third kappa shape index (κ3) is 4.08. The van der Waals surface area contributed by atoms with E-state index < -0.39 is 0 Å². The monoisotopic (exact) mass is 326 g/mol. The van der Waals surface area contributed by atoms with Crippen LogP contribution in [0, 0.1) is 5.92 Å². The van der Waals surface area contributed by atoms with Crippen molar-refractivity contribution in [2.45, 2.75) is 19.4 Å². The number of aromatic nitrogens is 2. The first-order valence-corrected chi connectivity index (χ1v) is 8.23. The van der Waals surface area contributed by atoms with Gasteiger partial charge < -0.3 is 15.4 Å². The molecule has 2 N–H and O–H groups in total. The number of carbonyl (C=O) groups is 1. The first-order valence-electron chi connectivity index (χ1n) is 8.23. The standard InChI is InChI=1S/C18H22N4O2/c1-2-20-18(23)14-3-4-17(21-10-14)22-16-12-24-11-15(16)9-13-5-7-19-8-6-13/h3-8,10,15-16H,2,9,11-12H2,1H3,(H,20,23)(H,21,22)/t15-,16+/m1/s1. The third-order valence-electron chi connectivity index (χ3n) is 4.14. The number of amides is 1. The summed E-state index contributed by atoms with van der Waals surface area (Å²) in [5, 5.41) is 6.19. The van der Waals surface area contributed by atoms with Crippen LogP contribution in [0.5, 0.6) is 0 Å². The smallest absolute Gasteiger partial charge is 0.252 e. The Hall–Kier alpha value is -2.47. The van der Waals surface area contributed by atoms with E-state index in [1.165, 1.54) is 5.56 Å². The molecule has 2 aromatic rings. The lowest BCUT2D eigenvalue weighted by Gasteiger charge is -2.19. The van der Waals surface area contributed by atoms with Crippen molar-refractivity contribution in [2.24, 2.45) is 5.92 Å². The maximum absolute atomic E-state index is 11.8. The molecule has 0 saturated carbocycles. The summed E-state index contributed by atoms with van der Waals surface area (Å²) in [5.41, 5.74) is 1.82. The number of carbonyl (C=O) groups excluding carboxylic acids is 1. The lowest BCUT2D eigenvalue weighted by atomic mass is 9.95. The Kier molecular flexibility index (Phi) is 5.38. The summed E-state index contributed by atoms with van der Waals surface area (Å²) in [5.74, 6) is 1.05. The van der Waals surface area contributed by atoms with Crippen LogP contribution in [0.2, 0.25) is 0 Å². The Morgan fingerprint density at radius 3 is 2.79 bits per heavy atom. The number of nitrogens with zero attached hydrogens (tertiary/aromatic N) is 2. The molecule has 1 saturated heterocycles. The number of anilines is 1. The fourth-order valence-corrected chi connectivity index (χ4v) is 2.85. The fourth-order valence-electron chi connectivity index (χ4n) is 2.85. The number of ether oxygens (including phenoxy) is 1. The van der Waals surface area contributed by atoms with Crippen molar-refractivity contribution in [3.63, 3.8) is 0 Å². The number of nitrogens with one attached hydrogen (secondary N) is 2. The molecule has 2 atom stereocenters. The Morgan fingerprint density at radius 1 is 1.25 bits per heavy atom. The van der Waals surface area contributed by atoms with Crippen LogP contribution in [-0.2, 0) is 11.2 Å². The highest BCUT2D eigenvalue weighted by Crippen LogP contribution is 2.22. The van der Waals surface area contributed by atoms with E-state index in [4.69, 9.17) is 4.74 Å². The summed E-state index contributed by atoms with van der Waals surface area (Å²) >= 11 is 0. The van der Waals surface area contributed by atoms with E-state index in [0.29, 0.717) is 24.6 Å². The average Bonchev–Trinajstić information content (AvgIpc) is 3.03. The summed E-state index contributed by atoms with van der Waals surface area (Å²) in [7, 11) is 0. The van der Waals surface area contributed by atoms with Gasteiger partial charge in [-0.3, -0.25) is 9.78 Å². The predicted molar refractivity (Wildman–Crippen MR) is 91.9 cm³/mol. The van der Waals surface area contributed by atoms with Crippen LogP contribution in [0.3, 0.4) is 0 Å².